The molecule has 0 saturated carbocycles. The van der Waals surface area contributed by atoms with E-state index in [0.717, 1.165) is 5.69 Å². The Bertz CT molecular complexity index is 619. The molecule has 0 radical (unpaired) electrons. The zero-order valence-corrected chi connectivity index (χ0v) is 11.5. The third-order valence-corrected chi connectivity index (χ3v) is 2.99. The second-order valence-electron chi connectivity index (χ2n) is 3.61. The van der Waals surface area contributed by atoms with Crippen LogP contribution >= 0.6 is 15.9 Å². The predicted molar refractivity (Wildman–Crippen MR) is 74.7 cm³/mol. The van der Waals surface area contributed by atoms with Crippen molar-refractivity contribution in [2.24, 2.45) is 0 Å². The van der Waals surface area contributed by atoms with Crippen LogP contribution in [0, 0.1) is 10.1 Å². The first-order valence-corrected chi connectivity index (χ1v) is 6.14. The lowest BCUT2D eigenvalue weighted by Crippen LogP contribution is -1.95. The van der Waals surface area contributed by atoms with Crippen LogP contribution in [0.25, 0.3) is 0 Å². The number of hydrogen-bond donors (Lipinski definition) is 1. The molecule has 2 rings (SSSR count). The van der Waals surface area contributed by atoms with Gasteiger partial charge in [-0.25, -0.2) is 0 Å². The highest BCUT2D eigenvalue weighted by atomic mass is 79.9. The van der Waals surface area contributed by atoms with Crippen LogP contribution in [0.2, 0.25) is 0 Å². The molecular weight excluding hydrogens is 314 g/mol. The number of ether oxygens (including phenoxy) is 1. The summed E-state index contributed by atoms with van der Waals surface area (Å²) < 4.78 is 6.06. The number of hydrogen-bond acceptors (Lipinski definition) is 5. The van der Waals surface area contributed by atoms with Crippen LogP contribution in [0.4, 0.5) is 11.4 Å². The summed E-state index contributed by atoms with van der Waals surface area (Å²) in [5.41, 5.74) is 0.649. The van der Waals surface area contributed by atoms with Crippen molar-refractivity contribution < 1.29 is 9.66 Å². The van der Waals surface area contributed by atoms with Crippen LogP contribution in [-0.2, 0) is 0 Å². The van der Waals surface area contributed by atoms with Gasteiger partial charge in [0.05, 0.1) is 27.5 Å². The zero-order chi connectivity index (χ0) is 13.8. The standard InChI is InChI=1S/C12H10BrN3O3/c1-14-8-5-9(7-15-6-8)19-12-10(13)3-2-4-11(12)16(17)18/h2-7,14H,1H3. The highest BCUT2D eigenvalue weighted by Gasteiger charge is 2.18. The molecule has 1 heterocycles. The van der Waals surface area contributed by atoms with Gasteiger partial charge in [0.15, 0.2) is 0 Å². The molecule has 0 aliphatic rings. The number of nitro benzene ring substituents is 1. The summed E-state index contributed by atoms with van der Waals surface area (Å²) in [7, 11) is 1.75. The highest BCUT2D eigenvalue weighted by Crippen LogP contribution is 2.38. The van der Waals surface area contributed by atoms with E-state index < -0.39 is 4.92 Å². The van der Waals surface area contributed by atoms with Crippen LogP contribution in [-0.4, -0.2) is 17.0 Å². The van der Waals surface area contributed by atoms with E-state index in [9.17, 15) is 10.1 Å². The Morgan fingerprint density at radius 1 is 1.42 bits per heavy atom. The highest BCUT2D eigenvalue weighted by molar-refractivity contribution is 9.10. The van der Waals surface area contributed by atoms with Gasteiger partial charge in [-0.3, -0.25) is 15.1 Å². The van der Waals surface area contributed by atoms with E-state index in [1.165, 1.54) is 12.3 Å². The maximum absolute atomic E-state index is 11.0. The third-order valence-electron chi connectivity index (χ3n) is 2.36. The molecule has 0 aliphatic heterocycles. The van der Waals surface area contributed by atoms with Gasteiger partial charge in [0.25, 0.3) is 0 Å². The summed E-state index contributed by atoms with van der Waals surface area (Å²) in [5.74, 6) is 0.574. The first kappa shape index (κ1) is 13.3. The number of nitro groups is 1. The van der Waals surface area contributed by atoms with Gasteiger partial charge in [-0.1, -0.05) is 6.07 Å². The van der Waals surface area contributed by atoms with Crippen LogP contribution in [0.5, 0.6) is 11.5 Å². The fourth-order valence-electron chi connectivity index (χ4n) is 1.47. The summed E-state index contributed by atoms with van der Waals surface area (Å²) in [4.78, 5) is 14.5. The molecule has 0 spiro atoms. The quantitative estimate of drug-likeness (QED) is 0.687. The first-order chi connectivity index (χ1) is 9.11. The molecule has 0 amide bonds. The largest absolute Gasteiger partial charge is 0.447 e. The average molecular weight is 324 g/mol. The van der Waals surface area contributed by atoms with Crippen molar-refractivity contribution in [2.75, 3.05) is 12.4 Å². The van der Waals surface area contributed by atoms with E-state index >= 15 is 0 Å². The fourth-order valence-corrected chi connectivity index (χ4v) is 1.91. The maximum Gasteiger partial charge on any atom is 0.312 e. The molecule has 0 fully saturated rings. The Morgan fingerprint density at radius 2 is 2.21 bits per heavy atom. The van der Waals surface area contributed by atoms with Crippen molar-refractivity contribution in [3.63, 3.8) is 0 Å². The molecule has 98 valence electrons. The van der Waals surface area contributed by atoms with Gasteiger partial charge in [-0.05, 0) is 22.0 Å². The van der Waals surface area contributed by atoms with Crippen molar-refractivity contribution in [3.05, 3.63) is 51.2 Å². The molecule has 0 bridgehead atoms. The van der Waals surface area contributed by atoms with Crippen LogP contribution in [0.15, 0.2) is 41.1 Å². The lowest BCUT2D eigenvalue weighted by Gasteiger charge is -2.08. The number of pyridine rings is 1. The molecule has 1 aromatic heterocycles. The molecule has 6 nitrogen and oxygen atoms in total. The fraction of sp³-hybridized carbons (Fsp3) is 0.0833. The maximum atomic E-state index is 11.0. The lowest BCUT2D eigenvalue weighted by molar-refractivity contribution is -0.385. The number of halogens is 1. The SMILES string of the molecule is CNc1cncc(Oc2c(Br)cccc2[N+](=O)[O-])c1. The van der Waals surface area contributed by atoms with Gasteiger partial charge in [0.1, 0.15) is 5.75 Å². The van der Waals surface area contributed by atoms with Crippen LogP contribution in [0.3, 0.4) is 0 Å². The smallest absolute Gasteiger partial charge is 0.312 e. The van der Waals surface area contributed by atoms with E-state index in [1.807, 2.05) is 0 Å². The molecule has 0 saturated heterocycles. The van der Waals surface area contributed by atoms with Gasteiger partial charge >= 0.3 is 5.69 Å². The van der Waals surface area contributed by atoms with E-state index in [2.05, 4.69) is 26.2 Å². The number of rotatable bonds is 4. The van der Waals surface area contributed by atoms with Crippen LogP contribution < -0.4 is 10.1 Å². The summed E-state index contributed by atoms with van der Waals surface area (Å²) >= 11 is 3.24. The summed E-state index contributed by atoms with van der Waals surface area (Å²) in [5, 5.41) is 13.9. The van der Waals surface area contributed by atoms with Gasteiger partial charge in [0, 0.05) is 19.2 Å². The number of nitrogens with zero attached hydrogens (tertiary/aromatic N) is 2. The number of para-hydroxylation sites is 1. The monoisotopic (exact) mass is 323 g/mol. The number of benzene rings is 1. The molecule has 0 aliphatic carbocycles. The van der Waals surface area contributed by atoms with E-state index in [4.69, 9.17) is 4.74 Å². The topological polar surface area (TPSA) is 77.3 Å². The molecule has 7 heteroatoms. The Morgan fingerprint density at radius 3 is 2.89 bits per heavy atom. The van der Waals surface area contributed by atoms with Crippen molar-refractivity contribution in [1.29, 1.82) is 0 Å². The third kappa shape index (κ3) is 3.00. The van der Waals surface area contributed by atoms with Gasteiger partial charge < -0.3 is 10.1 Å². The van der Waals surface area contributed by atoms with Crippen molar-refractivity contribution >= 4 is 27.3 Å². The molecule has 0 atom stereocenters. The number of anilines is 1. The second-order valence-corrected chi connectivity index (χ2v) is 4.46. The minimum absolute atomic E-state index is 0.107. The predicted octanol–water partition coefficient (Wildman–Crippen LogP) is 3.59. The second kappa shape index (κ2) is 5.66. The Balaban J connectivity index is 2.40. The number of nitrogens with one attached hydrogen (secondary N) is 1. The van der Waals surface area contributed by atoms with Crippen molar-refractivity contribution in [1.82, 2.24) is 4.98 Å². The molecule has 19 heavy (non-hydrogen) atoms. The van der Waals surface area contributed by atoms with Gasteiger partial charge in [-0.2, -0.15) is 0 Å². The van der Waals surface area contributed by atoms with Gasteiger partial charge in [-0.15, -0.1) is 0 Å². The summed E-state index contributed by atoms with van der Waals surface area (Å²) in [6, 6.07) is 6.35. The normalized spacial score (nSPS) is 10.0. The Hall–Kier alpha value is -2.15. The van der Waals surface area contributed by atoms with Crippen LogP contribution in [0.1, 0.15) is 0 Å². The summed E-state index contributed by atoms with van der Waals surface area (Å²) in [6.07, 6.45) is 3.12. The minimum Gasteiger partial charge on any atom is -0.447 e. The molecule has 0 unspecified atom stereocenters. The van der Waals surface area contributed by atoms with Crippen molar-refractivity contribution in [3.8, 4) is 11.5 Å². The zero-order valence-electron chi connectivity index (χ0n) is 9.96. The molecule has 1 aromatic carbocycles. The summed E-state index contributed by atoms with van der Waals surface area (Å²) in [6.45, 7) is 0. The Kier molecular flexibility index (Phi) is 3.96. The lowest BCUT2D eigenvalue weighted by atomic mass is 10.3. The average Bonchev–Trinajstić information content (AvgIpc) is 2.41. The Labute approximate surface area is 117 Å². The van der Waals surface area contributed by atoms with E-state index in [0.29, 0.717) is 10.2 Å². The molecule has 2 aromatic rings. The number of aromatic nitrogens is 1. The first-order valence-electron chi connectivity index (χ1n) is 5.35. The van der Waals surface area contributed by atoms with E-state index in [-0.39, 0.29) is 11.4 Å². The van der Waals surface area contributed by atoms with Crippen molar-refractivity contribution in [2.45, 2.75) is 0 Å². The molecular formula is C12H10BrN3O3. The minimum atomic E-state index is -0.491. The van der Waals surface area contributed by atoms with E-state index in [1.54, 1.807) is 31.4 Å². The van der Waals surface area contributed by atoms with Gasteiger partial charge in [0.2, 0.25) is 5.75 Å². The molecule has 1 N–H and O–H groups in total.